The number of alkyl halides is 1. The lowest BCUT2D eigenvalue weighted by Crippen LogP contribution is -2.33. The van der Waals surface area contributed by atoms with Crippen LogP contribution in [0, 0.1) is 0 Å². The van der Waals surface area contributed by atoms with Gasteiger partial charge in [-0.1, -0.05) is 0 Å². The van der Waals surface area contributed by atoms with E-state index >= 15 is 0 Å². The third kappa shape index (κ3) is 2.38. The van der Waals surface area contributed by atoms with Crippen molar-refractivity contribution in [3.05, 3.63) is 18.0 Å². The second kappa shape index (κ2) is 4.84. The van der Waals surface area contributed by atoms with Gasteiger partial charge in [-0.3, -0.25) is 0 Å². The van der Waals surface area contributed by atoms with Gasteiger partial charge in [0.25, 0.3) is 0 Å². The molecule has 0 N–H and O–H groups in total. The van der Waals surface area contributed by atoms with Crippen LogP contribution in [-0.2, 0) is 21.3 Å². The number of pyridine rings is 1. The van der Waals surface area contributed by atoms with Gasteiger partial charge in [0.15, 0.2) is 15.5 Å². The zero-order valence-electron chi connectivity index (χ0n) is 11.8. The minimum absolute atomic E-state index is 0.0776. The van der Waals surface area contributed by atoms with Gasteiger partial charge in [-0.15, -0.1) is 11.6 Å². The Hall–Kier alpha value is -1.34. The van der Waals surface area contributed by atoms with E-state index in [4.69, 9.17) is 16.3 Å². The Morgan fingerprint density at radius 2 is 2.19 bits per heavy atom. The van der Waals surface area contributed by atoms with Crippen molar-refractivity contribution in [1.82, 2.24) is 14.5 Å². The number of hydrogen-bond acceptors (Lipinski definition) is 5. The normalized spacial score (nSPS) is 24.5. The predicted octanol–water partition coefficient (Wildman–Crippen LogP) is 1.71. The van der Waals surface area contributed by atoms with Crippen LogP contribution in [0.4, 0.5) is 0 Å². The number of ether oxygens (including phenoxy) is 1. The van der Waals surface area contributed by atoms with Gasteiger partial charge in [0.1, 0.15) is 11.3 Å². The van der Waals surface area contributed by atoms with Crippen molar-refractivity contribution >= 4 is 32.6 Å². The molecule has 1 aliphatic heterocycles. The van der Waals surface area contributed by atoms with Crippen molar-refractivity contribution in [1.29, 1.82) is 0 Å². The van der Waals surface area contributed by atoms with Crippen molar-refractivity contribution in [3.63, 3.8) is 0 Å². The lowest BCUT2D eigenvalue weighted by atomic mass is 10.0. The van der Waals surface area contributed by atoms with Crippen LogP contribution in [0.25, 0.3) is 11.2 Å². The summed E-state index contributed by atoms with van der Waals surface area (Å²) >= 11 is 6.00. The zero-order valence-corrected chi connectivity index (χ0v) is 13.4. The molecule has 0 aromatic carbocycles. The molecule has 114 valence electrons. The predicted molar refractivity (Wildman–Crippen MR) is 80.6 cm³/mol. The van der Waals surface area contributed by atoms with Gasteiger partial charge in [-0.2, -0.15) is 4.98 Å². The molecule has 21 heavy (non-hydrogen) atoms. The van der Waals surface area contributed by atoms with Gasteiger partial charge in [0.2, 0.25) is 5.88 Å². The average molecular weight is 330 g/mol. The Bertz CT molecular complexity index is 802. The molecular formula is C13H16ClN3O3S. The maximum Gasteiger partial charge on any atom is 0.215 e. The van der Waals surface area contributed by atoms with Gasteiger partial charge < -0.3 is 9.30 Å². The van der Waals surface area contributed by atoms with Crippen LogP contribution in [0.5, 0.6) is 5.88 Å². The number of sulfone groups is 1. The van der Waals surface area contributed by atoms with Crippen LogP contribution in [0.1, 0.15) is 19.2 Å². The monoisotopic (exact) mass is 329 g/mol. The highest BCUT2D eigenvalue weighted by Gasteiger charge is 2.42. The van der Waals surface area contributed by atoms with Crippen molar-refractivity contribution in [3.8, 4) is 5.88 Å². The van der Waals surface area contributed by atoms with Crippen molar-refractivity contribution in [2.75, 3.05) is 18.6 Å². The fourth-order valence-corrected chi connectivity index (χ4v) is 5.22. The Morgan fingerprint density at radius 3 is 2.76 bits per heavy atom. The lowest BCUT2D eigenvalue weighted by molar-refractivity contribution is 0.362. The van der Waals surface area contributed by atoms with Crippen molar-refractivity contribution < 1.29 is 13.2 Å². The molecule has 1 atom stereocenters. The molecule has 0 spiro atoms. The summed E-state index contributed by atoms with van der Waals surface area (Å²) in [6.45, 7) is 1.91. The summed E-state index contributed by atoms with van der Waals surface area (Å²) in [5, 5.41) is 0. The molecule has 2 aromatic rings. The summed E-state index contributed by atoms with van der Waals surface area (Å²) in [5.41, 5.74) is 0.735. The number of halogens is 1. The maximum absolute atomic E-state index is 11.9. The largest absolute Gasteiger partial charge is 0.481 e. The van der Waals surface area contributed by atoms with E-state index in [2.05, 4.69) is 9.97 Å². The standard InChI is InChI=1S/C13H16ClN3O3S/c1-13(5-6-21(18,19)8-13)17-10(7-14)15-9-3-4-11(20-2)16-12(9)17/h3-4H,5-8H2,1-2H3. The van der Waals surface area contributed by atoms with Crippen molar-refractivity contribution in [2.24, 2.45) is 0 Å². The number of hydrogen-bond donors (Lipinski definition) is 0. The molecule has 3 heterocycles. The van der Waals surface area contributed by atoms with Gasteiger partial charge in [-0.05, 0) is 19.4 Å². The van der Waals surface area contributed by atoms with Crippen LogP contribution < -0.4 is 4.74 Å². The molecule has 0 aliphatic carbocycles. The summed E-state index contributed by atoms with van der Waals surface area (Å²) in [6, 6.07) is 3.53. The Morgan fingerprint density at radius 1 is 1.43 bits per heavy atom. The van der Waals surface area contributed by atoms with E-state index in [0.717, 1.165) is 0 Å². The summed E-state index contributed by atoms with van der Waals surface area (Å²) in [4.78, 5) is 8.89. The summed E-state index contributed by atoms with van der Waals surface area (Å²) in [5.74, 6) is 1.55. The Balaban J connectivity index is 2.25. The number of methoxy groups -OCH3 is 1. The van der Waals surface area contributed by atoms with Crippen LogP contribution in [0.2, 0.25) is 0 Å². The van der Waals surface area contributed by atoms with Gasteiger partial charge >= 0.3 is 0 Å². The van der Waals surface area contributed by atoms with Crippen molar-refractivity contribution in [2.45, 2.75) is 24.8 Å². The lowest BCUT2D eigenvalue weighted by Gasteiger charge is -2.26. The number of imidazole rings is 1. The minimum Gasteiger partial charge on any atom is -0.481 e. The second-order valence-electron chi connectivity index (χ2n) is 5.53. The van der Waals surface area contributed by atoms with E-state index in [-0.39, 0.29) is 17.4 Å². The molecule has 3 rings (SSSR count). The molecule has 8 heteroatoms. The molecule has 1 saturated heterocycles. The Kier molecular flexibility index (Phi) is 3.37. The molecule has 1 aliphatic rings. The number of fused-ring (bicyclic) bond motifs is 1. The molecule has 0 bridgehead atoms. The number of aromatic nitrogens is 3. The molecule has 1 fully saturated rings. The highest BCUT2D eigenvalue weighted by atomic mass is 35.5. The molecule has 6 nitrogen and oxygen atoms in total. The van der Waals surface area contributed by atoms with E-state index in [1.807, 2.05) is 11.5 Å². The zero-order chi connectivity index (χ0) is 15.3. The maximum atomic E-state index is 11.9. The molecule has 0 radical (unpaired) electrons. The summed E-state index contributed by atoms with van der Waals surface area (Å²) in [7, 11) is -1.50. The number of rotatable bonds is 3. The smallest absolute Gasteiger partial charge is 0.215 e. The fourth-order valence-electron chi connectivity index (χ4n) is 2.93. The van der Waals surface area contributed by atoms with Gasteiger partial charge in [0.05, 0.1) is 30.0 Å². The minimum atomic E-state index is -3.04. The Labute approximate surface area is 128 Å². The molecule has 0 saturated carbocycles. The first-order valence-corrected chi connectivity index (χ1v) is 8.93. The third-order valence-corrected chi connectivity index (χ3v) is 6.03. The molecular weight excluding hydrogens is 314 g/mol. The van der Waals surface area contributed by atoms with Gasteiger partial charge in [0, 0.05) is 6.07 Å². The van der Waals surface area contributed by atoms with Crippen LogP contribution in [-0.4, -0.2) is 41.6 Å². The van der Waals surface area contributed by atoms with E-state index in [9.17, 15) is 8.42 Å². The third-order valence-electron chi connectivity index (χ3n) is 3.90. The average Bonchev–Trinajstić information content (AvgIpc) is 2.95. The quantitative estimate of drug-likeness (QED) is 0.801. The van der Waals surface area contributed by atoms with E-state index < -0.39 is 15.4 Å². The van der Waals surface area contributed by atoms with E-state index in [1.54, 1.807) is 19.2 Å². The first-order chi connectivity index (χ1) is 9.88. The first kappa shape index (κ1) is 14.6. The molecule has 0 amide bonds. The van der Waals surface area contributed by atoms with Gasteiger partial charge in [-0.25, -0.2) is 13.4 Å². The highest BCUT2D eigenvalue weighted by molar-refractivity contribution is 7.91. The topological polar surface area (TPSA) is 74.1 Å². The van der Waals surface area contributed by atoms with E-state index in [1.165, 1.54) is 0 Å². The second-order valence-corrected chi connectivity index (χ2v) is 7.98. The number of nitrogens with zero attached hydrogens (tertiary/aromatic N) is 3. The van der Waals surface area contributed by atoms with E-state index in [0.29, 0.717) is 29.3 Å². The molecule has 1 unspecified atom stereocenters. The van der Waals surface area contributed by atoms with Crippen LogP contribution in [0.3, 0.4) is 0 Å². The van der Waals surface area contributed by atoms with Crippen LogP contribution >= 0.6 is 11.6 Å². The highest BCUT2D eigenvalue weighted by Crippen LogP contribution is 2.35. The fraction of sp³-hybridized carbons (Fsp3) is 0.538. The molecule has 2 aromatic heterocycles. The summed E-state index contributed by atoms with van der Waals surface area (Å²) in [6.07, 6.45) is 0.531. The SMILES string of the molecule is COc1ccc2nc(CCl)n(C3(C)CCS(=O)(=O)C3)c2n1. The summed E-state index contributed by atoms with van der Waals surface area (Å²) < 4.78 is 30.8. The van der Waals surface area contributed by atoms with Crippen LogP contribution in [0.15, 0.2) is 12.1 Å². The first-order valence-electron chi connectivity index (χ1n) is 6.58.